The quantitative estimate of drug-likeness (QED) is 0.518. The average molecular weight is 122 g/mol. The second-order valence-electron chi connectivity index (χ2n) is 2.15. The highest BCUT2D eigenvalue weighted by molar-refractivity contribution is 5.93. The van der Waals surface area contributed by atoms with Crippen LogP contribution in [0.2, 0.25) is 0 Å². The largest absolute Gasteiger partial charge is 0.295 e. The molecule has 0 bridgehead atoms. The molecule has 0 saturated carbocycles. The van der Waals surface area contributed by atoms with Gasteiger partial charge in [0.25, 0.3) is 0 Å². The van der Waals surface area contributed by atoms with Crippen LogP contribution in [0.5, 0.6) is 0 Å². The molecule has 0 amide bonds. The van der Waals surface area contributed by atoms with E-state index >= 15 is 0 Å². The van der Waals surface area contributed by atoms with Crippen LogP contribution in [-0.2, 0) is 4.79 Å². The second kappa shape index (κ2) is 2.62. The first-order valence-corrected chi connectivity index (χ1v) is 3.23. The molecule has 1 rings (SSSR count). The Morgan fingerprint density at radius 1 is 1.67 bits per heavy atom. The van der Waals surface area contributed by atoms with Crippen LogP contribution in [0.4, 0.5) is 0 Å². The molecule has 9 heavy (non-hydrogen) atoms. The fraction of sp³-hybridized carbons (Fsp3) is 0.375. The predicted molar refractivity (Wildman–Crippen MR) is 37.1 cm³/mol. The number of hydrogen-bond acceptors (Lipinski definition) is 1. The highest BCUT2D eigenvalue weighted by atomic mass is 16.1. The Hall–Kier alpha value is -0.850. The zero-order valence-electron chi connectivity index (χ0n) is 5.55. The lowest BCUT2D eigenvalue weighted by atomic mass is 10.0. The van der Waals surface area contributed by atoms with Gasteiger partial charge >= 0.3 is 0 Å². The van der Waals surface area contributed by atoms with Crippen molar-refractivity contribution in [1.82, 2.24) is 0 Å². The van der Waals surface area contributed by atoms with E-state index in [1.54, 1.807) is 6.08 Å². The molecular formula is C8H10O. The van der Waals surface area contributed by atoms with E-state index in [1.165, 1.54) is 0 Å². The molecule has 0 heterocycles. The van der Waals surface area contributed by atoms with E-state index in [0.29, 0.717) is 6.42 Å². The summed E-state index contributed by atoms with van der Waals surface area (Å²) in [6.45, 7) is 2.05. The van der Waals surface area contributed by atoms with Crippen LogP contribution in [0.25, 0.3) is 0 Å². The van der Waals surface area contributed by atoms with Gasteiger partial charge in [-0.3, -0.25) is 4.79 Å². The molecule has 0 saturated heterocycles. The van der Waals surface area contributed by atoms with Crippen LogP contribution < -0.4 is 0 Å². The van der Waals surface area contributed by atoms with Gasteiger partial charge < -0.3 is 0 Å². The molecule has 48 valence electrons. The van der Waals surface area contributed by atoms with Crippen molar-refractivity contribution in [2.24, 2.45) is 0 Å². The lowest BCUT2D eigenvalue weighted by molar-refractivity contribution is -0.113. The van der Waals surface area contributed by atoms with Crippen LogP contribution in [0.1, 0.15) is 19.8 Å². The van der Waals surface area contributed by atoms with Gasteiger partial charge in [0.15, 0.2) is 5.78 Å². The molecule has 1 aliphatic rings. The summed E-state index contributed by atoms with van der Waals surface area (Å²) in [5.41, 5.74) is 1.14. The van der Waals surface area contributed by atoms with E-state index in [9.17, 15) is 4.79 Å². The summed E-state index contributed by atoms with van der Waals surface area (Å²) < 4.78 is 0. The standard InChI is InChI=1S/C8H10O/c1-2-7-4-3-5-8(9)6-7/h3-4,6H,2,5H2,1H3. The maximum Gasteiger partial charge on any atom is 0.159 e. The molecule has 1 heteroatoms. The van der Waals surface area contributed by atoms with Gasteiger partial charge in [0.05, 0.1) is 0 Å². The first kappa shape index (κ1) is 6.27. The molecule has 0 atom stereocenters. The topological polar surface area (TPSA) is 17.1 Å². The van der Waals surface area contributed by atoms with Crippen molar-refractivity contribution in [3.05, 3.63) is 23.8 Å². The Bertz CT molecular complexity index is 175. The van der Waals surface area contributed by atoms with Crippen LogP contribution in [-0.4, -0.2) is 5.78 Å². The summed E-state index contributed by atoms with van der Waals surface area (Å²) in [5.74, 6) is 0.231. The SMILES string of the molecule is CCC1=CC(=O)CC=C1. The molecule has 0 aromatic heterocycles. The molecule has 1 nitrogen and oxygen atoms in total. The average Bonchev–Trinajstić information content (AvgIpc) is 1.88. The third-order valence-corrected chi connectivity index (χ3v) is 1.41. The first-order chi connectivity index (χ1) is 4.33. The van der Waals surface area contributed by atoms with Crippen molar-refractivity contribution in [2.75, 3.05) is 0 Å². The van der Waals surface area contributed by atoms with Crippen molar-refractivity contribution >= 4 is 5.78 Å². The van der Waals surface area contributed by atoms with E-state index < -0.39 is 0 Å². The highest BCUT2D eigenvalue weighted by Gasteiger charge is 2.00. The van der Waals surface area contributed by atoms with Gasteiger partial charge in [0.1, 0.15) is 0 Å². The number of carbonyl (C=O) groups is 1. The number of ketones is 1. The Morgan fingerprint density at radius 3 is 2.89 bits per heavy atom. The lowest BCUT2D eigenvalue weighted by Crippen LogP contribution is -1.95. The van der Waals surface area contributed by atoms with Crippen molar-refractivity contribution in [1.29, 1.82) is 0 Å². The Kier molecular flexibility index (Phi) is 1.83. The van der Waals surface area contributed by atoms with Crippen molar-refractivity contribution in [3.8, 4) is 0 Å². The zero-order valence-corrected chi connectivity index (χ0v) is 5.55. The van der Waals surface area contributed by atoms with Crippen LogP contribution >= 0.6 is 0 Å². The van der Waals surface area contributed by atoms with Crippen LogP contribution in [0.15, 0.2) is 23.8 Å². The maximum absolute atomic E-state index is 10.7. The molecule has 0 aromatic rings. The smallest absolute Gasteiger partial charge is 0.159 e. The van der Waals surface area contributed by atoms with E-state index in [0.717, 1.165) is 12.0 Å². The third-order valence-electron chi connectivity index (χ3n) is 1.41. The molecular weight excluding hydrogens is 112 g/mol. The summed E-state index contributed by atoms with van der Waals surface area (Å²) in [7, 11) is 0. The first-order valence-electron chi connectivity index (χ1n) is 3.23. The fourth-order valence-electron chi connectivity index (χ4n) is 0.860. The van der Waals surface area contributed by atoms with Gasteiger partial charge in [0, 0.05) is 6.42 Å². The van der Waals surface area contributed by atoms with E-state index in [-0.39, 0.29) is 5.78 Å². The van der Waals surface area contributed by atoms with Gasteiger partial charge in [-0.15, -0.1) is 0 Å². The minimum atomic E-state index is 0.231. The van der Waals surface area contributed by atoms with Crippen molar-refractivity contribution in [2.45, 2.75) is 19.8 Å². The Balaban J connectivity index is 2.70. The van der Waals surface area contributed by atoms with E-state index in [2.05, 4.69) is 6.92 Å². The summed E-state index contributed by atoms with van der Waals surface area (Å²) in [5, 5.41) is 0. The monoisotopic (exact) mass is 122 g/mol. The Morgan fingerprint density at radius 2 is 2.44 bits per heavy atom. The van der Waals surface area contributed by atoms with Crippen LogP contribution in [0, 0.1) is 0 Å². The normalized spacial score (nSPS) is 17.9. The van der Waals surface area contributed by atoms with E-state index in [1.807, 2.05) is 12.2 Å². The van der Waals surface area contributed by atoms with Gasteiger partial charge in [-0.25, -0.2) is 0 Å². The number of hydrogen-bond donors (Lipinski definition) is 0. The maximum atomic E-state index is 10.7. The molecule has 0 N–H and O–H groups in total. The third kappa shape index (κ3) is 1.53. The number of allylic oxidation sites excluding steroid dienone is 4. The van der Waals surface area contributed by atoms with Gasteiger partial charge in [-0.05, 0) is 18.1 Å². The van der Waals surface area contributed by atoms with Gasteiger partial charge in [-0.1, -0.05) is 19.1 Å². The number of carbonyl (C=O) groups excluding carboxylic acids is 1. The minimum Gasteiger partial charge on any atom is -0.295 e. The zero-order chi connectivity index (χ0) is 6.69. The highest BCUT2D eigenvalue weighted by Crippen LogP contribution is 2.09. The summed E-state index contributed by atoms with van der Waals surface area (Å²) in [4.78, 5) is 10.7. The molecule has 0 spiro atoms. The lowest BCUT2D eigenvalue weighted by Gasteiger charge is -2.00. The molecule has 0 aliphatic heterocycles. The van der Waals surface area contributed by atoms with Crippen molar-refractivity contribution in [3.63, 3.8) is 0 Å². The fourth-order valence-corrected chi connectivity index (χ4v) is 0.860. The molecule has 0 radical (unpaired) electrons. The summed E-state index contributed by atoms with van der Waals surface area (Å²) in [6, 6.07) is 0. The van der Waals surface area contributed by atoms with Crippen LogP contribution in [0.3, 0.4) is 0 Å². The molecule has 0 fully saturated rings. The molecule has 0 unspecified atom stereocenters. The molecule has 0 aromatic carbocycles. The Labute approximate surface area is 55.1 Å². The van der Waals surface area contributed by atoms with Gasteiger partial charge in [0.2, 0.25) is 0 Å². The minimum absolute atomic E-state index is 0.231. The van der Waals surface area contributed by atoms with Gasteiger partial charge in [-0.2, -0.15) is 0 Å². The summed E-state index contributed by atoms with van der Waals surface area (Å²) in [6.07, 6.45) is 7.20. The summed E-state index contributed by atoms with van der Waals surface area (Å²) >= 11 is 0. The second-order valence-corrected chi connectivity index (χ2v) is 2.15. The predicted octanol–water partition coefficient (Wildman–Crippen LogP) is 1.85. The van der Waals surface area contributed by atoms with E-state index in [4.69, 9.17) is 0 Å². The molecule has 1 aliphatic carbocycles. The number of rotatable bonds is 1. The van der Waals surface area contributed by atoms with Crippen molar-refractivity contribution < 1.29 is 4.79 Å².